The third kappa shape index (κ3) is 25.4. The number of nitrogens with zero attached hydrogens (tertiary/aromatic N) is 12. The fraction of sp³-hybridized carbons (Fsp3) is 0.268. The number of piperazine rings is 2. The minimum atomic E-state index is -4.38. The lowest BCUT2D eigenvalue weighted by molar-refractivity contribution is -0.138. The number of amides is 4. The number of anilines is 2. The summed E-state index contributed by atoms with van der Waals surface area (Å²) >= 11 is 17.9. The number of pyridine rings is 6. The number of hydrogen-bond acceptors (Lipinski definition) is 19. The number of urea groups is 2. The first kappa shape index (κ1) is 78.0. The molecule has 2 atom stereocenters. The number of hydrogen-bond donors (Lipinski definition) is 8. The number of rotatable bonds is 10. The number of aromatic amines is 2. The van der Waals surface area contributed by atoms with Gasteiger partial charge in [0.15, 0.2) is 12.1 Å². The highest BCUT2D eigenvalue weighted by atomic mass is 79.9. The number of hydrazine groups is 1. The van der Waals surface area contributed by atoms with Gasteiger partial charge in [0.1, 0.15) is 31.1 Å². The molecule has 0 saturated carbocycles. The van der Waals surface area contributed by atoms with E-state index in [-0.39, 0.29) is 35.8 Å². The Morgan fingerprint density at radius 2 is 1.17 bits per heavy atom. The predicted octanol–water partition coefficient (Wildman–Crippen LogP) is 10.1. The molecule has 0 bridgehead atoms. The number of hydrazone groups is 1. The summed E-state index contributed by atoms with van der Waals surface area (Å²) in [5.41, 5.74) is 18.6. The molecule has 494 valence electrons. The van der Waals surface area contributed by atoms with Crippen LogP contribution in [-0.2, 0) is 18.9 Å². The number of aromatic nitrogens is 10. The predicted molar refractivity (Wildman–Crippen MR) is 344 cm³/mol. The molecule has 25 nitrogen and oxygen atoms in total. The number of carbonyl (C=O) groups excluding carboxylic acids is 4. The van der Waals surface area contributed by atoms with Crippen molar-refractivity contribution in [2.75, 3.05) is 49.1 Å². The molecule has 0 aliphatic carbocycles. The summed E-state index contributed by atoms with van der Waals surface area (Å²) in [6.45, 7) is 12.6. The molecule has 0 spiro atoms. The van der Waals surface area contributed by atoms with E-state index in [9.17, 15) is 45.5 Å². The molecule has 2 fully saturated rings. The lowest BCUT2D eigenvalue weighted by atomic mass is 10.1. The normalized spacial score (nSPS) is 14.5. The van der Waals surface area contributed by atoms with Crippen molar-refractivity contribution >= 4 is 109 Å². The van der Waals surface area contributed by atoms with Gasteiger partial charge in [-0.2, -0.15) is 41.6 Å². The smallest absolute Gasteiger partial charge is 0.417 e. The molecule has 0 aromatic carbocycles. The average Bonchev–Trinajstić information content (AvgIpc) is 1.12. The SMILES string of the molecule is C/C(=N\NC(N)=O)c1ccc(Br)nc1.CC(=O)c1ccc(Br)nc1.C[C@@H]1CN(Cc2cn[nH]c2-c2ccc(Cl)nc2)CCN1c1ccc(C(F)(F)F)cn1.C[C@@H]1CNCCN1c1ccc(C(F)(F)F)cn1.Cl.NNC(N)=O.O=Cc1cn[nH]c1-c1ccc(Cl)nc1.[OH-]. The quantitative estimate of drug-likeness (QED) is 0.00922. The number of Topliss-reactive ketones (excluding diaryl/α,β-unsaturated/α-hetero) is 1. The second-order valence-electron chi connectivity index (χ2n) is 19.1. The van der Waals surface area contributed by atoms with Gasteiger partial charge in [0.25, 0.3) is 0 Å². The molecule has 92 heavy (non-hydrogen) atoms. The summed E-state index contributed by atoms with van der Waals surface area (Å²) in [5.74, 6) is 5.65. The number of ketones is 1. The van der Waals surface area contributed by atoms with Crippen LogP contribution in [-0.4, -0.2) is 142 Å². The van der Waals surface area contributed by atoms with Crippen LogP contribution in [0.15, 0.2) is 137 Å². The van der Waals surface area contributed by atoms with Crippen LogP contribution in [0.25, 0.3) is 22.5 Å². The van der Waals surface area contributed by atoms with Crippen molar-refractivity contribution in [1.29, 1.82) is 0 Å². The Bertz CT molecular complexity index is 3580. The zero-order valence-corrected chi connectivity index (χ0v) is 54.6. The molecule has 8 aromatic heterocycles. The third-order valence-corrected chi connectivity index (χ3v) is 14.0. The third-order valence-electron chi connectivity index (χ3n) is 12.6. The van der Waals surface area contributed by atoms with Gasteiger partial charge in [0.05, 0.1) is 46.2 Å². The van der Waals surface area contributed by atoms with Crippen molar-refractivity contribution < 1.29 is 51.0 Å². The number of nitrogens with two attached hydrogens (primary N) is 3. The first-order valence-electron chi connectivity index (χ1n) is 26.5. The van der Waals surface area contributed by atoms with Crippen LogP contribution < -0.4 is 43.3 Å². The number of nitrogens with one attached hydrogen (secondary N) is 5. The zero-order chi connectivity index (χ0) is 66.1. The topological polar surface area (TPSA) is 369 Å². The first-order chi connectivity index (χ1) is 42.7. The van der Waals surface area contributed by atoms with E-state index < -0.39 is 35.5 Å². The molecule has 4 amide bonds. The van der Waals surface area contributed by atoms with E-state index in [4.69, 9.17) is 28.9 Å². The summed E-state index contributed by atoms with van der Waals surface area (Å²) in [7, 11) is 0. The van der Waals surface area contributed by atoms with Crippen LogP contribution in [0.4, 0.5) is 47.6 Å². The van der Waals surface area contributed by atoms with Gasteiger partial charge in [-0.1, -0.05) is 23.2 Å². The Morgan fingerprint density at radius 3 is 1.60 bits per heavy atom. The lowest BCUT2D eigenvalue weighted by Crippen LogP contribution is -2.51. The maximum absolute atomic E-state index is 12.8. The van der Waals surface area contributed by atoms with Gasteiger partial charge in [-0.25, -0.2) is 50.8 Å². The van der Waals surface area contributed by atoms with Gasteiger partial charge in [0, 0.05) is 123 Å². The molecule has 2 saturated heterocycles. The van der Waals surface area contributed by atoms with E-state index in [1.54, 1.807) is 79.7 Å². The van der Waals surface area contributed by atoms with Crippen LogP contribution >= 0.6 is 67.5 Å². The van der Waals surface area contributed by atoms with Gasteiger partial charge < -0.3 is 32.1 Å². The molecule has 36 heteroatoms. The summed E-state index contributed by atoms with van der Waals surface area (Å²) in [4.78, 5) is 71.3. The maximum Gasteiger partial charge on any atom is 0.417 e. The minimum absolute atomic E-state index is 0. The molecule has 10 rings (SSSR count). The molecular weight excluding hydrogens is 1410 g/mol. The van der Waals surface area contributed by atoms with E-state index in [1.165, 1.54) is 25.3 Å². The van der Waals surface area contributed by atoms with Gasteiger partial charge in [-0.3, -0.25) is 30.1 Å². The standard InChI is InChI=1S/C20H20ClF3N6.C11H14F3N3.C9H6ClN3O.C8H9BrN4O.C7H6BrNO.CH5N3O.ClH.H2O/c1-13-11-29(6-7-30(13)18-5-3-16(10-26-18)20(22,23)24)12-15-9-27-28-19(15)14-2-4-17(21)25-8-14;1-8-6-15-4-5-17(8)10-3-2-9(7-16-10)11(12,13)14;10-8-2-1-6(3-11-8)9-7(5-14)4-12-13-9;1-5(12-13-8(10)14)6-2-3-7(9)11-4-6;1-5(10)6-2-3-7(8)9-4-6;2-1(5)4-3;;/h2-5,8-10,13H,6-7,11-12H2,1H3,(H,27,28);2-3,7-8,15H,4-6H2,1H3;1-5H,(H,12,13);2-4H,1H3,(H3,10,13,14);2-4H,1H3;3H2,(H3,2,4,5);1H;1H2/p-1/b;;;12-5+;;;;/t13-;8-;;;;;;/m11....../s1. The van der Waals surface area contributed by atoms with E-state index in [0.29, 0.717) is 57.6 Å². The fourth-order valence-electron chi connectivity index (χ4n) is 8.11. The molecule has 0 radical (unpaired) electrons. The maximum atomic E-state index is 12.8. The summed E-state index contributed by atoms with van der Waals surface area (Å²) in [6.07, 6.45) is 3.59. The van der Waals surface area contributed by atoms with Crippen LogP contribution in [0, 0.1) is 0 Å². The molecule has 0 unspecified atom stereocenters. The van der Waals surface area contributed by atoms with Crippen LogP contribution in [0.1, 0.15) is 70.7 Å². The average molecular weight is 1480 g/mol. The Labute approximate surface area is 556 Å². The molecule has 2 aliphatic rings. The molecule has 10 heterocycles. The first-order valence-corrected chi connectivity index (χ1v) is 28.9. The summed E-state index contributed by atoms with van der Waals surface area (Å²) in [5, 5.41) is 21.5. The monoisotopic (exact) mass is 1470 g/mol. The van der Waals surface area contributed by atoms with E-state index >= 15 is 0 Å². The number of H-pyrrole nitrogens is 2. The van der Waals surface area contributed by atoms with Gasteiger partial charge >= 0.3 is 24.4 Å². The van der Waals surface area contributed by atoms with E-state index in [0.717, 1.165) is 101 Å². The molecule has 8 aromatic rings. The minimum Gasteiger partial charge on any atom is -0.870 e. The highest BCUT2D eigenvalue weighted by Gasteiger charge is 2.33. The van der Waals surface area contributed by atoms with E-state index in [1.807, 2.05) is 35.8 Å². The number of primary amides is 2. The highest BCUT2D eigenvalue weighted by Crippen LogP contribution is 2.32. The summed E-state index contributed by atoms with van der Waals surface area (Å²) in [6, 6.07) is 18.2. The lowest BCUT2D eigenvalue weighted by Gasteiger charge is -2.40. The van der Waals surface area contributed by atoms with Crippen molar-refractivity contribution in [3.63, 3.8) is 0 Å². The van der Waals surface area contributed by atoms with Gasteiger partial charge in [0.2, 0.25) is 0 Å². The second-order valence-corrected chi connectivity index (χ2v) is 21.5. The number of carbonyl (C=O) groups is 4. The van der Waals surface area contributed by atoms with Crippen LogP contribution in [0.5, 0.6) is 0 Å². The highest BCUT2D eigenvalue weighted by molar-refractivity contribution is 9.10. The summed E-state index contributed by atoms with van der Waals surface area (Å²) < 4.78 is 76.9. The van der Waals surface area contributed by atoms with Crippen molar-refractivity contribution in [1.82, 2.24) is 71.4 Å². The van der Waals surface area contributed by atoms with Crippen LogP contribution in [0.2, 0.25) is 10.3 Å². The number of aldehydes is 1. The second kappa shape index (κ2) is 37.9. The van der Waals surface area contributed by atoms with E-state index in [2.05, 4.69) is 114 Å². The van der Waals surface area contributed by atoms with Crippen LogP contribution in [0.3, 0.4) is 0 Å². The molecule has 12 N–H and O–H groups in total. The van der Waals surface area contributed by atoms with Crippen molar-refractivity contribution in [3.05, 3.63) is 175 Å². The van der Waals surface area contributed by atoms with Crippen molar-refractivity contribution in [2.24, 2.45) is 22.4 Å². The van der Waals surface area contributed by atoms with Crippen molar-refractivity contribution in [3.8, 4) is 22.5 Å². The molecule has 2 aliphatic heterocycles. The largest absolute Gasteiger partial charge is 0.870 e. The Balaban J connectivity index is 0.000000308. The van der Waals surface area contributed by atoms with Crippen molar-refractivity contribution in [2.45, 2.75) is 58.7 Å². The van der Waals surface area contributed by atoms with Gasteiger partial charge in [-0.15, -0.1) is 12.4 Å². The Morgan fingerprint density at radius 1 is 0.663 bits per heavy atom. The fourth-order valence-corrected chi connectivity index (χ4v) is 8.80. The Kier molecular flexibility index (Phi) is 32.1. The zero-order valence-electron chi connectivity index (χ0n) is 49.1. The number of halogens is 11. The Hall–Kier alpha value is -8.28. The number of alkyl halides is 6. The molecular formula is C56H62Br2Cl3F6N20O5-. The van der Waals surface area contributed by atoms with Gasteiger partial charge in [-0.05, 0) is 132 Å².